The second-order valence-corrected chi connectivity index (χ2v) is 5.74. The first kappa shape index (κ1) is 22.8. The minimum absolute atomic E-state index is 0.0311. The van der Waals surface area contributed by atoms with Crippen LogP contribution in [0.15, 0.2) is 24.5 Å². The number of pyridine rings is 1. The average molecular weight is 392 g/mol. The van der Waals surface area contributed by atoms with Crippen LogP contribution in [0.3, 0.4) is 0 Å². The van der Waals surface area contributed by atoms with E-state index in [-0.39, 0.29) is 24.7 Å². The van der Waals surface area contributed by atoms with Crippen molar-refractivity contribution in [1.82, 2.24) is 9.88 Å². The molecular formula is C17H23F3N2O5. The molecule has 1 aliphatic rings. The summed E-state index contributed by atoms with van der Waals surface area (Å²) in [5.41, 5.74) is 1.12. The van der Waals surface area contributed by atoms with Gasteiger partial charge >= 0.3 is 12.1 Å². The van der Waals surface area contributed by atoms with E-state index >= 15 is 0 Å². The number of aromatic nitrogens is 1. The van der Waals surface area contributed by atoms with Gasteiger partial charge < -0.3 is 19.5 Å². The molecule has 1 aliphatic heterocycles. The fourth-order valence-corrected chi connectivity index (χ4v) is 2.75. The summed E-state index contributed by atoms with van der Waals surface area (Å²) >= 11 is 0. The number of aliphatic carboxylic acids is 1. The van der Waals surface area contributed by atoms with Gasteiger partial charge in [0.2, 0.25) is 5.91 Å². The second kappa shape index (κ2) is 10.8. The summed E-state index contributed by atoms with van der Waals surface area (Å²) in [5, 5.41) is 7.12. The van der Waals surface area contributed by atoms with E-state index in [2.05, 4.69) is 4.98 Å². The Morgan fingerprint density at radius 2 is 2.07 bits per heavy atom. The minimum Gasteiger partial charge on any atom is -0.475 e. The lowest BCUT2D eigenvalue weighted by molar-refractivity contribution is -0.192. The number of likely N-dealkylation sites (tertiary alicyclic amines) is 1. The Hall–Kier alpha value is -2.20. The molecule has 2 heterocycles. The Morgan fingerprint density at radius 3 is 2.56 bits per heavy atom. The molecule has 0 bridgehead atoms. The lowest BCUT2D eigenvalue weighted by Gasteiger charge is -2.28. The Bertz CT molecular complexity index is 598. The average Bonchev–Trinajstić information content (AvgIpc) is 2.99. The molecule has 10 heteroatoms. The summed E-state index contributed by atoms with van der Waals surface area (Å²) in [6.07, 6.45) is 0.273. The molecule has 0 unspecified atom stereocenters. The van der Waals surface area contributed by atoms with Crippen molar-refractivity contribution in [3.05, 3.63) is 30.1 Å². The summed E-state index contributed by atoms with van der Waals surface area (Å²) in [5.74, 6) is -2.73. The first-order valence-corrected chi connectivity index (χ1v) is 8.29. The van der Waals surface area contributed by atoms with Crippen LogP contribution < -0.4 is 0 Å². The van der Waals surface area contributed by atoms with Gasteiger partial charge in [-0.3, -0.25) is 9.78 Å². The molecule has 152 valence electrons. The zero-order valence-electron chi connectivity index (χ0n) is 15.1. The lowest BCUT2D eigenvalue weighted by atomic mass is 10.0. The summed E-state index contributed by atoms with van der Waals surface area (Å²) < 4.78 is 42.5. The summed E-state index contributed by atoms with van der Waals surface area (Å²) in [6.45, 7) is 3.52. The molecular weight excluding hydrogens is 369 g/mol. The third-order valence-electron chi connectivity index (χ3n) is 3.86. The van der Waals surface area contributed by atoms with Crippen LogP contribution in [0.2, 0.25) is 0 Å². The molecule has 7 nitrogen and oxygen atoms in total. The molecule has 1 amide bonds. The molecule has 0 saturated carbocycles. The predicted octanol–water partition coefficient (Wildman–Crippen LogP) is 1.91. The highest BCUT2D eigenvalue weighted by atomic mass is 19.4. The highest BCUT2D eigenvalue weighted by molar-refractivity contribution is 5.78. The van der Waals surface area contributed by atoms with Crippen molar-refractivity contribution >= 4 is 11.9 Å². The second-order valence-electron chi connectivity index (χ2n) is 5.74. The van der Waals surface area contributed by atoms with Gasteiger partial charge in [-0.25, -0.2) is 4.79 Å². The van der Waals surface area contributed by atoms with Gasteiger partial charge in [0.25, 0.3) is 0 Å². The monoisotopic (exact) mass is 392 g/mol. The van der Waals surface area contributed by atoms with Crippen LogP contribution in [0.1, 0.15) is 18.9 Å². The SMILES string of the molecule is CCO[C@@H]1CCN(C(=O)COC)[C@@H]1Cc1cccnc1.O=C(O)C(F)(F)F. The molecule has 1 aromatic rings. The number of carboxylic acid groups (broad SMARTS) is 1. The molecule has 1 saturated heterocycles. The van der Waals surface area contributed by atoms with Gasteiger partial charge in [0.05, 0.1) is 12.1 Å². The van der Waals surface area contributed by atoms with E-state index in [0.717, 1.165) is 24.9 Å². The number of halogens is 3. The number of carbonyl (C=O) groups is 2. The van der Waals surface area contributed by atoms with Crippen molar-refractivity contribution in [2.45, 2.75) is 38.1 Å². The van der Waals surface area contributed by atoms with Gasteiger partial charge in [-0.1, -0.05) is 6.07 Å². The Balaban J connectivity index is 0.000000445. The number of carboxylic acids is 1. The fourth-order valence-electron chi connectivity index (χ4n) is 2.75. The number of amides is 1. The molecule has 0 aromatic carbocycles. The van der Waals surface area contributed by atoms with Crippen LogP contribution in [-0.4, -0.2) is 72.1 Å². The number of hydrogen-bond acceptors (Lipinski definition) is 5. The standard InChI is InChI=1S/C15H22N2O3.C2HF3O2/c1-3-20-14-6-8-17(15(18)11-19-2)13(14)9-12-5-4-7-16-10-12;3-2(4,5)1(6)7/h4-5,7,10,13-14H,3,6,8-9,11H2,1-2H3;(H,6,7)/t13-,14-;/m1./s1. The topological polar surface area (TPSA) is 89.0 Å². The van der Waals surface area contributed by atoms with E-state index in [9.17, 15) is 18.0 Å². The smallest absolute Gasteiger partial charge is 0.475 e. The van der Waals surface area contributed by atoms with Crippen molar-refractivity contribution < 1.29 is 37.3 Å². The third-order valence-corrected chi connectivity index (χ3v) is 3.86. The Kier molecular flexibility index (Phi) is 9.16. The zero-order valence-corrected chi connectivity index (χ0v) is 15.1. The van der Waals surface area contributed by atoms with Gasteiger partial charge in [-0.2, -0.15) is 13.2 Å². The molecule has 1 fully saturated rings. The normalized spacial score (nSPS) is 19.4. The van der Waals surface area contributed by atoms with Crippen LogP contribution in [-0.2, 0) is 25.5 Å². The van der Waals surface area contributed by atoms with Crippen LogP contribution in [0, 0.1) is 0 Å². The van der Waals surface area contributed by atoms with Gasteiger partial charge in [0, 0.05) is 32.7 Å². The van der Waals surface area contributed by atoms with Gasteiger partial charge in [-0.05, 0) is 31.4 Å². The number of nitrogens with zero attached hydrogens (tertiary/aromatic N) is 2. The van der Waals surface area contributed by atoms with Crippen molar-refractivity contribution in [2.75, 3.05) is 26.9 Å². The van der Waals surface area contributed by atoms with E-state index in [1.807, 2.05) is 30.2 Å². The summed E-state index contributed by atoms with van der Waals surface area (Å²) in [7, 11) is 1.55. The number of hydrogen-bond donors (Lipinski definition) is 1. The first-order valence-electron chi connectivity index (χ1n) is 8.29. The molecule has 0 aliphatic carbocycles. The van der Waals surface area contributed by atoms with E-state index in [1.54, 1.807) is 13.3 Å². The van der Waals surface area contributed by atoms with E-state index in [0.29, 0.717) is 6.61 Å². The molecule has 0 radical (unpaired) electrons. The maximum atomic E-state index is 12.1. The summed E-state index contributed by atoms with van der Waals surface area (Å²) in [4.78, 5) is 27.0. The highest BCUT2D eigenvalue weighted by Gasteiger charge is 2.38. The number of carbonyl (C=O) groups excluding carboxylic acids is 1. The third kappa shape index (κ3) is 7.51. The number of methoxy groups -OCH3 is 1. The maximum absolute atomic E-state index is 12.1. The largest absolute Gasteiger partial charge is 0.490 e. The highest BCUT2D eigenvalue weighted by Crippen LogP contribution is 2.24. The minimum atomic E-state index is -5.08. The molecule has 1 N–H and O–H groups in total. The number of rotatable bonds is 6. The summed E-state index contributed by atoms with van der Waals surface area (Å²) in [6, 6.07) is 4.02. The molecule has 0 spiro atoms. The van der Waals surface area contributed by atoms with Gasteiger partial charge in [0.1, 0.15) is 6.61 Å². The Labute approximate surface area is 155 Å². The zero-order chi connectivity index (χ0) is 20.4. The van der Waals surface area contributed by atoms with Crippen molar-refractivity contribution in [3.63, 3.8) is 0 Å². The van der Waals surface area contributed by atoms with Crippen LogP contribution in [0.4, 0.5) is 13.2 Å². The molecule has 27 heavy (non-hydrogen) atoms. The predicted molar refractivity (Wildman–Crippen MR) is 89.0 cm³/mol. The van der Waals surface area contributed by atoms with Gasteiger partial charge in [-0.15, -0.1) is 0 Å². The van der Waals surface area contributed by atoms with Crippen LogP contribution in [0.5, 0.6) is 0 Å². The fraction of sp³-hybridized carbons (Fsp3) is 0.588. The van der Waals surface area contributed by atoms with E-state index in [4.69, 9.17) is 19.4 Å². The first-order chi connectivity index (χ1) is 12.7. The molecule has 1 aromatic heterocycles. The van der Waals surface area contributed by atoms with Crippen LogP contribution >= 0.6 is 0 Å². The lowest BCUT2D eigenvalue weighted by Crippen LogP contribution is -2.43. The van der Waals surface area contributed by atoms with E-state index in [1.165, 1.54) is 0 Å². The van der Waals surface area contributed by atoms with E-state index < -0.39 is 12.1 Å². The molecule has 2 atom stereocenters. The van der Waals surface area contributed by atoms with Crippen molar-refractivity contribution in [2.24, 2.45) is 0 Å². The Morgan fingerprint density at radius 1 is 1.41 bits per heavy atom. The van der Waals surface area contributed by atoms with Crippen molar-refractivity contribution in [1.29, 1.82) is 0 Å². The maximum Gasteiger partial charge on any atom is 0.490 e. The van der Waals surface area contributed by atoms with Gasteiger partial charge in [0.15, 0.2) is 0 Å². The quantitative estimate of drug-likeness (QED) is 0.796. The number of ether oxygens (including phenoxy) is 2. The number of alkyl halides is 3. The molecule has 2 rings (SSSR count). The van der Waals surface area contributed by atoms with Crippen LogP contribution in [0.25, 0.3) is 0 Å². The van der Waals surface area contributed by atoms with Crippen molar-refractivity contribution in [3.8, 4) is 0 Å².